The fourth-order valence-electron chi connectivity index (χ4n) is 3.52. The maximum absolute atomic E-state index is 13.7. The summed E-state index contributed by atoms with van der Waals surface area (Å²) < 4.78 is 12.3. The second kappa shape index (κ2) is 10.0. The maximum Gasteiger partial charge on any atom is 0.251 e. The van der Waals surface area contributed by atoms with Crippen LogP contribution in [0, 0.1) is 6.92 Å². The van der Waals surface area contributed by atoms with Crippen molar-refractivity contribution in [1.29, 1.82) is 0 Å². The first-order valence-electron chi connectivity index (χ1n) is 10.4. The number of amides is 2. The fourth-order valence-corrected chi connectivity index (χ4v) is 3.52. The minimum atomic E-state index is -1.05. The number of hydrogen-bond acceptors (Lipinski definition) is 7. The number of fused-ring (bicyclic) bond motifs is 1. The SMILES string of the molecule is COCCNC(=O)C(c1ccc(C)o1)N(C(=O)Cn1nnc2ccccc21)c1cccnc1. The van der Waals surface area contributed by atoms with Gasteiger partial charge in [0.15, 0.2) is 6.04 Å². The van der Waals surface area contributed by atoms with Gasteiger partial charge in [0.25, 0.3) is 5.91 Å². The van der Waals surface area contributed by atoms with Crippen molar-refractivity contribution in [3.8, 4) is 0 Å². The lowest BCUT2D eigenvalue weighted by Gasteiger charge is -2.29. The van der Waals surface area contributed by atoms with Crippen molar-refractivity contribution in [1.82, 2.24) is 25.3 Å². The summed E-state index contributed by atoms with van der Waals surface area (Å²) >= 11 is 0. The fraction of sp³-hybridized carbons (Fsp3) is 0.261. The Labute approximate surface area is 190 Å². The number of carbonyl (C=O) groups excluding carboxylic acids is 2. The minimum absolute atomic E-state index is 0.128. The predicted octanol–water partition coefficient (Wildman–Crippen LogP) is 2.26. The monoisotopic (exact) mass is 448 g/mol. The van der Waals surface area contributed by atoms with Crippen molar-refractivity contribution >= 4 is 28.5 Å². The Balaban J connectivity index is 1.73. The summed E-state index contributed by atoms with van der Waals surface area (Å²) in [4.78, 5) is 32.5. The Morgan fingerprint density at radius 3 is 2.76 bits per heavy atom. The Morgan fingerprint density at radius 1 is 1.18 bits per heavy atom. The third-order valence-corrected chi connectivity index (χ3v) is 5.04. The number of nitrogens with zero attached hydrogens (tertiary/aromatic N) is 5. The van der Waals surface area contributed by atoms with Crippen LogP contribution in [0.4, 0.5) is 5.69 Å². The normalized spacial score (nSPS) is 11.9. The van der Waals surface area contributed by atoms with Gasteiger partial charge in [-0.25, -0.2) is 4.68 Å². The zero-order valence-corrected chi connectivity index (χ0v) is 18.3. The van der Waals surface area contributed by atoms with Gasteiger partial charge in [-0.1, -0.05) is 17.3 Å². The number of furan rings is 1. The van der Waals surface area contributed by atoms with E-state index in [1.807, 2.05) is 24.3 Å². The van der Waals surface area contributed by atoms with Crippen LogP contribution in [0.15, 0.2) is 65.3 Å². The van der Waals surface area contributed by atoms with E-state index >= 15 is 0 Å². The first-order valence-corrected chi connectivity index (χ1v) is 10.4. The van der Waals surface area contributed by atoms with Crippen molar-refractivity contribution in [2.24, 2.45) is 0 Å². The van der Waals surface area contributed by atoms with Gasteiger partial charge in [-0.2, -0.15) is 0 Å². The number of ether oxygens (including phenoxy) is 1. The molecule has 4 rings (SSSR count). The Hall–Kier alpha value is -4.05. The molecule has 0 spiro atoms. The summed E-state index contributed by atoms with van der Waals surface area (Å²) in [5, 5.41) is 11.0. The number of aromatic nitrogens is 4. The molecule has 0 saturated carbocycles. The standard InChI is InChI=1S/C23H24N6O4/c1-16-9-10-20(33-16)22(23(31)25-12-13-32-2)29(17-6-5-11-24-14-17)21(30)15-28-19-8-4-3-7-18(19)26-27-28/h3-11,14,22H,12-13,15H2,1-2H3,(H,25,31). The lowest BCUT2D eigenvalue weighted by atomic mass is 10.1. The van der Waals surface area contributed by atoms with Gasteiger partial charge in [0.1, 0.15) is 23.6 Å². The molecule has 1 atom stereocenters. The summed E-state index contributed by atoms with van der Waals surface area (Å²) in [5.41, 5.74) is 1.84. The van der Waals surface area contributed by atoms with Gasteiger partial charge in [0, 0.05) is 19.9 Å². The molecule has 0 aliphatic carbocycles. The number of rotatable bonds is 9. The summed E-state index contributed by atoms with van der Waals surface area (Å²) in [6, 6.07) is 13.2. The number of pyridine rings is 1. The number of nitrogens with one attached hydrogen (secondary N) is 1. The molecule has 10 heteroatoms. The minimum Gasteiger partial charge on any atom is -0.464 e. The Kier molecular flexibility index (Phi) is 6.75. The van der Waals surface area contributed by atoms with Crippen LogP contribution in [-0.4, -0.2) is 52.1 Å². The second-order valence-corrected chi connectivity index (χ2v) is 7.35. The first kappa shape index (κ1) is 22.2. The van der Waals surface area contributed by atoms with Gasteiger partial charge < -0.3 is 14.5 Å². The van der Waals surface area contributed by atoms with Crippen LogP contribution in [0.2, 0.25) is 0 Å². The van der Waals surface area contributed by atoms with Crippen molar-refractivity contribution in [2.45, 2.75) is 19.5 Å². The third-order valence-electron chi connectivity index (χ3n) is 5.04. The van der Waals surface area contributed by atoms with Crippen LogP contribution in [0.5, 0.6) is 0 Å². The zero-order valence-electron chi connectivity index (χ0n) is 18.3. The van der Waals surface area contributed by atoms with E-state index in [2.05, 4.69) is 20.6 Å². The quantitative estimate of drug-likeness (QED) is 0.391. The highest BCUT2D eigenvalue weighted by atomic mass is 16.5. The van der Waals surface area contributed by atoms with E-state index in [0.717, 1.165) is 0 Å². The second-order valence-electron chi connectivity index (χ2n) is 7.35. The molecule has 1 N–H and O–H groups in total. The van der Waals surface area contributed by atoms with Gasteiger partial charge >= 0.3 is 0 Å². The van der Waals surface area contributed by atoms with E-state index in [9.17, 15) is 9.59 Å². The van der Waals surface area contributed by atoms with Crippen LogP contribution < -0.4 is 10.2 Å². The Morgan fingerprint density at radius 2 is 2.03 bits per heavy atom. The molecule has 0 fully saturated rings. The molecule has 0 saturated heterocycles. The largest absolute Gasteiger partial charge is 0.464 e. The summed E-state index contributed by atoms with van der Waals surface area (Å²) in [6.45, 7) is 2.27. The average Bonchev–Trinajstić information content (AvgIpc) is 3.44. The molecule has 2 amide bonds. The van der Waals surface area contributed by atoms with Crippen molar-refractivity contribution < 1.29 is 18.7 Å². The molecule has 1 unspecified atom stereocenters. The third kappa shape index (κ3) is 4.90. The highest BCUT2D eigenvalue weighted by molar-refractivity contribution is 6.01. The van der Waals surface area contributed by atoms with Crippen LogP contribution in [0.3, 0.4) is 0 Å². The number of aryl methyl sites for hydroxylation is 1. The van der Waals surface area contributed by atoms with E-state index in [1.54, 1.807) is 44.5 Å². The topological polar surface area (TPSA) is 115 Å². The van der Waals surface area contributed by atoms with Gasteiger partial charge in [-0.05, 0) is 43.3 Å². The molecule has 170 valence electrons. The number of anilines is 1. The molecular weight excluding hydrogens is 424 g/mol. The number of methoxy groups -OCH3 is 1. The zero-order chi connectivity index (χ0) is 23.2. The summed E-state index contributed by atoms with van der Waals surface area (Å²) in [6.07, 6.45) is 3.13. The number of hydrogen-bond donors (Lipinski definition) is 1. The molecular formula is C23H24N6O4. The molecule has 0 radical (unpaired) electrons. The van der Waals surface area contributed by atoms with Gasteiger partial charge in [-0.3, -0.25) is 19.5 Å². The predicted molar refractivity (Wildman–Crippen MR) is 120 cm³/mol. The van der Waals surface area contributed by atoms with Crippen LogP contribution in [0.25, 0.3) is 11.0 Å². The van der Waals surface area contributed by atoms with Crippen molar-refractivity contribution in [2.75, 3.05) is 25.2 Å². The molecule has 10 nitrogen and oxygen atoms in total. The highest BCUT2D eigenvalue weighted by Gasteiger charge is 2.35. The highest BCUT2D eigenvalue weighted by Crippen LogP contribution is 2.29. The summed E-state index contributed by atoms with van der Waals surface area (Å²) in [7, 11) is 1.55. The molecule has 3 heterocycles. The van der Waals surface area contributed by atoms with Crippen LogP contribution >= 0.6 is 0 Å². The first-order chi connectivity index (χ1) is 16.1. The van der Waals surface area contributed by atoms with Gasteiger partial charge in [0.2, 0.25) is 5.91 Å². The van der Waals surface area contributed by atoms with E-state index in [1.165, 1.54) is 15.8 Å². The van der Waals surface area contributed by atoms with E-state index < -0.39 is 11.9 Å². The molecule has 3 aromatic heterocycles. The Bertz CT molecular complexity index is 1240. The molecule has 0 bridgehead atoms. The number of para-hydroxylation sites is 1. The number of benzene rings is 1. The smallest absolute Gasteiger partial charge is 0.251 e. The lowest BCUT2D eigenvalue weighted by Crippen LogP contribution is -2.45. The van der Waals surface area contributed by atoms with Gasteiger partial charge in [0.05, 0.1) is 24.0 Å². The van der Waals surface area contributed by atoms with Crippen molar-refractivity contribution in [3.63, 3.8) is 0 Å². The van der Waals surface area contributed by atoms with E-state index in [-0.39, 0.29) is 19.0 Å². The van der Waals surface area contributed by atoms with E-state index in [4.69, 9.17) is 9.15 Å². The van der Waals surface area contributed by atoms with E-state index in [0.29, 0.717) is 34.8 Å². The molecule has 0 aliphatic heterocycles. The number of carbonyl (C=O) groups is 2. The van der Waals surface area contributed by atoms with Crippen LogP contribution in [0.1, 0.15) is 17.6 Å². The van der Waals surface area contributed by atoms with Gasteiger partial charge in [-0.15, -0.1) is 5.10 Å². The lowest BCUT2D eigenvalue weighted by molar-refractivity contribution is -0.127. The molecule has 4 aromatic rings. The molecule has 33 heavy (non-hydrogen) atoms. The van der Waals surface area contributed by atoms with Crippen molar-refractivity contribution in [3.05, 3.63) is 72.4 Å². The average molecular weight is 448 g/mol. The van der Waals surface area contributed by atoms with Crippen LogP contribution in [-0.2, 0) is 20.9 Å². The summed E-state index contributed by atoms with van der Waals surface area (Å²) in [5.74, 6) is 0.185. The molecule has 0 aliphatic rings. The molecule has 1 aromatic carbocycles. The maximum atomic E-state index is 13.7.